The van der Waals surface area contributed by atoms with E-state index in [1.807, 2.05) is 30.0 Å². The zero-order valence-corrected chi connectivity index (χ0v) is 11.5. The molecule has 1 aliphatic rings. The highest BCUT2D eigenvalue weighted by molar-refractivity contribution is 6.33. The molecule has 1 heterocycles. The summed E-state index contributed by atoms with van der Waals surface area (Å²) >= 11 is 6.09. The summed E-state index contributed by atoms with van der Waals surface area (Å²) in [6.07, 6.45) is 0. The van der Waals surface area contributed by atoms with Gasteiger partial charge in [-0.1, -0.05) is 17.7 Å². The minimum Gasteiger partial charge on any atom is -0.322 e. The Morgan fingerprint density at radius 1 is 1.28 bits per heavy atom. The van der Waals surface area contributed by atoms with Gasteiger partial charge in [-0.25, -0.2) is 4.79 Å². The molecule has 0 unspecified atom stereocenters. The number of hydrogen-bond donors (Lipinski definition) is 1. The minimum absolute atomic E-state index is 0.0751. The van der Waals surface area contributed by atoms with Crippen molar-refractivity contribution in [1.29, 1.82) is 0 Å². The van der Waals surface area contributed by atoms with Crippen LogP contribution in [0.1, 0.15) is 5.56 Å². The standard InChI is InChI=1S/C13H18ClN3O/c1-10-3-4-12(11(14)9-10)15-13(18)17-7-5-16(2)6-8-17/h3-4,9H,5-8H2,1-2H3,(H,15,18). The molecule has 0 aromatic heterocycles. The fourth-order valence-electron chi connectivity index (χ4n) is 1.93. The molecule has 1 saturated heterocycles. The SMILES string of the molecule is Cc1ccc(NC(=O)N2CCN(C)CC2)c(Cl)c1. The molecule has 0 bridgehead atoms. The molecule has 1 aromatic rings. The Balaban J connectivity index is 1.98. The third kappa shape index (κ3) is 3.15. The number of nitrogens with zero attached hydrogens (tertiary/aromatic N) is 2. The second-order valence-corrected chi connectivity index (χ2v) is 5.11. The van der Waals surface area contributed by atoms with E-state index in [9.17, 15) is 4.79 Å². The molecule has 1 aromatic carbocycles. The van der Waals surface area contributed by atoms with Crippen LogP contribution in [0.2, 0.25) is 5.02 Å². The number of carbonyl (C=O) groups is 1. The highest BCUT2D eigenvalue weighted by Gasteiger charge is 2.19. The van der Waals surface area contributed by atoms with Crippen molar-refractivity contribution in [1.82, 2.24) is 9.80 Å². The monoisotopic (exact) mass is 267 g/mol. The number of benzene rings is 1. The van der Waals surface area contributed by atoms with Crippen LogP contribution in [0, 0.1) is 6.92 Å². The Bertz CT molecular complexity index is 442. The van der Waals surface area contributed by atoms with Crippen LogP contribution < -0.4 is 5.32 Å². The van der Waals surface area contributed by atoms with E-state index in [0.29, 0.717) is 10.7 Å². The number of likely N-dealkylation sites (N-methyl/N-ethyl adjacent to an activating group) is 1. The molecule has 98 valence electrons. The molecule has 0 spiro atoms. The Kier molecular flexibility index (Phi) is 4.09. The number of hydrogen-bond acceptors (Lipinski definition) is 2. The van der Waals surface area contributed by atoms with Crippen LogP contribution in [0.4, 0.5) is 10.5 Å². The van der Waals surface area contributed by atoms with Crippen molar-refractivity contribution in [3.05, 3.63) is 28.8 Å². The lowest BCUT2D eigenvalue weighted by atomic mass is 10.2. The number of urea groups is 1. The summed E-state index contributed by atoms with van der Waals surface area (Å²) in [5, 5.41) is 3.44. The fourth-order valence-corrected chi connectivity index (χ4v) is 2.21. The summed E-state index contributed by atoms with van der Waals surface area (Å²) in [7, 11) is 2.06. The molecule has 0 atom stereocenters. The summed E-state index contributed by atoms with van der Waals surface area (Å²) in [5.41, 5.74) is 1.75. The molecule has 4 nitrogen and oxygen atoms in total. The third-order valence-corrected chi connectivity index (χ3v) is 3.47. The Hall–Kier alpha value is -1.26. The lowest BCUT2D eigenvalue weighted by Gasteiger charge is -2.32. The zero-order valence-electron chi connectivity index (χ0n) is 10.7. The second kappa shape index (κ2) is 5.59. The van der Waals surface area contributed by atoms with E-state index < -0.39 is 0 Å². The number of carbonyl (C=O) groups excluding carboxylic acids is 1. The van der Waals surface area contributed by atoms with E-state index in [1.165, 1.54) is 0 Å². The van der Waals surface area contributed by atoms with Gasteiger partial charge < -0.3 is 15.1 Å². The smallest absolute Gasteiger partial charge is 0.321 e. The Morgan fingerprint density at radius 2 is 1.94 bits per heavy atom. The first-order chi connectivity index (χ1) is 8.56. The average Bonchev–Trinajstić information content (AvgIpc) is 2.33. The first kappa shape index (κ1) is 13.2. The Labute approximate surface area is 113 Å². The molecule has 1 fully saturated rings. The topological polar surface area (TPSA) is 35.6 Å². The first-order valence-corrected chi connectivity index (χ1v) is 6.44. The van der Waals surface area contributed by atoms with Gasteiger partial charge in [-0.05, 0) is 31.7 Å². The quantitative estimate of drug-likeness (QED) is 0.848. The van der Waals surface area contributed by atoms with Crippen LogP contribution in [0.3, 0.4) is 0 Å². The molecule has 5 heteroatoms. The van der Waals surface area contributed by atoms with Crippen molar-refractivity contribution in [3.63, 3.8) is 0 Å². The molecule has 2 rings (SSSR count). The van der Waals surface area contributed by atoms with Gasteiger partial charge >= 0.3 is 6.03 Å². The van der Waals surface area contributed by atoms with Gasteiger partial charge in [-0.15, -0.1) is 0 Å². The van der Waals surface area contributed by atoms with E-state index >= 15 is 0 Å². The van der Waals surface area contributed by atoms with Crippen molar-refractivity contribution >= 4 is 23.3 Å². The zero-order chi connectivity index (χ0) is 13.1. The van der Waals surface area contributed by atoms with Crippen molar-refractivity contribution in [2.24, 2.45) is 0 Å². The van der Waals surface area contributed by atoms with Crippen LogP contribution >= 0.6 is 11.6 Å². The van der Waals surface area contributed by atoms with E-state index in [-0.39, 0.29) is 6.03 Å². The highest BCUT2D eigenvalue weighted by Crippen LogP contribution is 2.23. The largest absolute Gasteiger partial charge is 0.322 e. The van der Waals surface area contributed by atoms with Gasteiger partial charge in [0.05, 0.1) is 10.7 Å². The number of halogens is 1. The lowest BCUT2D eigenvalue weighted by molar-refractivity contribution is 0.164. The number of rotatable bonds is 1. The van der Waals surface area contributed by atoms with Crippen LogP contribution in [0.15, 0.2) is 18.2 Å². The van der Waals surface area contributed by atoms with Gasteiger partial charge in [0.2, 0.25) is 0 Å². The molecule has 0 saturated carbocycles. The van der Waals surface area contributed by atoms with Gasteiger partial charge in [-0.3, -0.25) is 0 Å². The maximum Gasteiger partial charge on any atom is 0.321 e. The van der Waals surface area contributed by atoms with Crippen LogP contribution in [0.5, 0.6) is 0 Å². The van der Waals surface area contributed by atoms with Gasteiger partial charge in [0.15, 0.2) is 0 Å². The highest BCUT2D eigenvalue weighted by atomic mass is 35.5. The maximum atomic E-state index is 12.0. The summed E-state index contributed by atoms with van der Waals surface area (Å²) in [6.45, 7) is 5.31. The van der Waals surface area contributed by atoms with Crippen LogP contribution in [0.25, 0.3) is 0 Å². The summed E-state index contributed by atoms with van der Waals surface area (Å²) < 4.78 is 0. The fraction of sp³-hybridized carbons (Fsp3) is 0.462. The average molecular weight is 268 g/mol. The lowest BCUT2D eigenvalue weighted by Crippen LogP contribution is -2.48. The predicted octanol–water partition coefficient (Wildman–Crippen LogP) is 2.43. The third-order valence-electron chi connectivity index (χ3n) is 3.16. The molecular formula is C13H18ClN3O. The van der Waals surface area contributed by atoms with Crippen LogP contribution in [-0.4, -0.2) is 49.1 Å². The number of anilines is 1. The molecule has 1 aliphatic heterocycles. The van der Waals surface area contributed by atoms with E-state index in [0.717, 1.165) is 31.7 Å². The van der Waals surface area contributed by atoms with E-state index in [1.54, 1.807) is 0 Å². The molecule has 2 amide bonds. The summed E-state index contributed by atoms with van der Waals surface area (Å²) in [5.74, 6) is 0. The molecule has 1 N–H and O–H groups in total. The van der Waals surface area contributed by atoms with Gasteiger partial charge in [0, 0.05) is 26.2 Å². The summed E-state index contributed by atoms with van der Waals surface area (Å²) in [6, 6.07) is 5.55. The second-order valence-electron chi connectivity index (χ2n) is 4.70. The van der Waals surface area contributed by atoms with Crippen molar-refractivity contribution in [3.8, 4) is 0 Å². The van der Waals surface area contributed by atoms with Gasteiger partial charge in [0.1, 0.15) is 0 Å². The number of nitrogens with one attached hydrogen (secondary N) is 1. The van der Waals surface area contributed by atoms with Crippen molar-refractivity contribution in [2.75, 3.05) is 38.5 Å². The molecule has 0 radical (unpaired) electrons. The number of amides is 2. The van der Waals surface area contributed by atoms with E-state index in [2.05, 4.69) is 17.3 Å². The minimum atomic E-state index is -0.0751. The molecule has 18 heavy (non-hydrogen) atoms. The molecule has 0 aliphatic carbocycles. The first-order valence-electron chi connectivity index (χ1n) is 6.07. The Morgan fingerprint density at radius 3 is 2.56 bits per heavy atom. The van der Waals surface area contributed by atoms with Crippen molar-refractivity contribution < 1.29 is 4.79 Å². The van der Waals surface area contributed by atoms with E-state index in [4.69, 9.17) is 11.6 Å². The normalized spacial score (nSPS) is 16.7. The summed E-state index contributed by atoms with van der Waals surface area (Å²) in [4.78, 5) is 16.1. The van der Waals surface area contributed by atoms with Crippen molar-refractivity contribution in [2.45, 2.75) is 6.92 Å². The van der Waals surface area contributed by atoms with Gasteiger partial charge in [-0.2, -0.15) is 0 Å². The van der Waals surface area contributed by atoms with Crippen LogP contribution in [-0.2, 0) is 0 Å². The number of piperazine rings is 1. The maximum absolute atomic E-state index is 12.0. The predicted molar refractivity (Wildman–Crippen MR) is 74.3 cm³/mol. The van der Waals surface area contributed by atoms with Gasteiger partial charge in [0.25, 0.3) is 0 Å². The number of aryl methyl sites for hydroxylation is 1. The molecular weight excluding hydrogens is 250 g/mol.